The summed E-state index contributed by atoms with van der Waals surface area (Å²) < 4.78 is 0. The molecule has 1 heterocycles. The average molecular weight is 250 g/mol. The van der Waals surface area contributed by atoms with Gasteiger partial charge in [-0.3, -0.25) is 4.90 Å². The normalized spacial score (nSPS) is 23.5. The Morgan fingerprint density at radius 1 is 1.41 bits per heavy atom. The highest BCUT2D eigenvalue weighted by Crippen LogP contribution is 2.26. The molecule has 1 N–H and O–H groups in total. The van der Waals surface area contributed by atoms with Crippen LogP contribution in [0.5, 0.6) is 0 Å². The van der Waals surface area contributed by atoms with Gasteiger partial charge in [0.25, 0.3) is 0 Å². The lowest BCUT2D eigenvalue weighted by Gasteiger charge is -2.38. The van der Waals surface area contributed by atoms with Crippen LogP contribution in [0, 0.1) is 0 Å². The number of rotatable bonds is 4. The summed E-state index contributed by atoms with van der Waals surface area (Å²) in [6, 6.07) is 11.9. The third kappa shape index (κ3) is 3.24. The Kier molecular flexibility index (Phi) is 4.89. The van der Waals surface area contributed by atoms with E-state index in [1.807, 2.05) is 0 Å². The second-order valence-corrected chi connectivity index (χ2v) is 5.72. The lowest BCUT2D eigenvalue weighted by molar-refractivity contribution is 0.217. The van der Waals surface area contributed by atoms with E-state index >= 15 is 0 Å². The van der Waals surface area contributed by atoms with Crippen molar-refractivity contribution >= 4 is 11.8 Å². The first kappa shape index (κ1) is 12.9. The molecule has 1 fully saturated rings. The molecule has 0 radical (unpaired) electrons. The van der Waals surface area contributed by atoms with E-state index in [0.717, 1.165) is 6.54 Å². The number of hydrogen-bond acceptors (Lipinski definition) is 3. The van der Waals surface area contributed by atoms with Gasteiger partial charge in [0.1, 0.15) is 0 Å². The number of thioether (sulfide) groups is 1. The van der Waals surface area contributed by atoms with Crippen LogP contribution in [0.1, 0.15) is 18.5 Å². The quantitative estimate of drug-likeness (QED) is 0.883. The predicted molar refractivity (Wildman–Crippen MR) is 76.6 cm³/mol. The van der Waals surface area contributed by atoms with E-state index in [0.29, 0.717) is 12.1 Å². The van der Waals surface area contributed by atoms with Gasteiger partial charge in [0.05, 0.1) is 0 Å². The summed E-state index contributed by atoms with van der Waals surface area (Å²) in [6.07, 6.45) is 0. The second-order valence-electron chi connectivity index (χ2n) is 4.57. The first-order valence-electron chi connectivity index (χ1n) is 6.39. The Morgan fingerprint density at radius 2 is 2.18 bits per heavy atom. The standard InChI is InChI=1S/C14H22N2S/c1-3-15-14(12-7-5-4-6-8-12)13-11-17-10-9-16(13)2/h4-8,13-15H,3,9-11H2,1-2H3. The Balaban J connectivity index is 2.16. The molecule has 3 heteroatoms. The van der Waals surface area contributed by atoms with Crippen molar-refractivity contribution in [2.75, 3.05) is 31.6 Å². The van der Waals surface area contributed by atoms with E-state index in [4.69, 9.17) is 0 Å². The third-order valence-corrected chi connectivity index (χ3v) is 4.46. The van der Waals surface area contributed by atoms with Crippen LogP contribution in [-0.4, -0.2) is 42.6 Å². The third-order valence-electron chi connectivity index (χ3n) is 3.41. The number of likely N-dealkylation sites (N-methyl/N-ethyl adjacent to an activating group) is 2. The molecule has 94 valence electrons. The van der Waals surface area contributed by atoms with Crippen LogP contribution in [0.25, 0.3) is 0 Å². The van der Waals surface area contributed by atoms with Gasteiger partial charge in [0.15, 0.2) is 0 Å². The Labute approximate surface area is 109 Å². The van der Waals surface area contributed by atoms with Crippen LogP contribution in [-0.2, 0) is 0 Å². The average Bonchev–Trinajstić information content (AvgIpc) is 2.38. The molecule has 0 aliphatic carbocycles. The zero-order chi connectivity index (χ0) is 12.1. The van der Waals surface area contributed by atoms with E-state index in [-0.39, 0.29) is 0 Å². The van der Waals surface area contributed by atoms with Crippen molar-refractivity contribution in [1.29, 1.82) is 0 Å². The molecule has 17 heavy (non-hydrogen) atoms. The molecular weight excluding hydrogens is 228 g/mol. The minimum atomic E-state index is 0.457. The first-order valence-corrected chi connectivity index (χ1v) is 7.54. The van der Waals surface area contributed by atoms with Crippen molar-refractivity contribution in [2.24, 2.45) is 0 Å². The monoisotopic (exact) mass is 250 g/mol. The largest absolute Gasteiger partial charge is 0.309 e. The van der Waals surface area contributed by atoms with Gasteiger partial charge in [-0.2, -0.15) is 11.8 Å². The highest BCUT2D eigenvalue weighted by molar-refractivity contribution is 7.99. The number of hydrogen-bond donors (Lipinski definition) is 1. The molecule has 0 amide bonds. The molecule has 0 aromatic heterocycles. The van der Waals surface area contributed by atoms with Crippen LogP contribution >= 0.6 is 11.8 Å². The first-order chi connectivity index (χ1) is 8.33. The van der Waals surface area contributed by atoms with Crippen LogP contribution < -0.4 is 5.32 Å². The fraction of sp³-hybridized carbons (Fsp3) is 0.571. The van der Waals surface area contributed by atoms with E-state index in [1.54, 1.807) is 0 Å². The number of nitrogens with one attached hydrogen (secondary N) is 1. The van der Waals surface area contributed by atoms with Gasteiger partial charge >= 0.3 is 0 Å². The maximum atomic E-state index is 3.64. The van der Waals surface area contributed by atoms with Gasteiger partial charge < -0.3 is 5.32 Å². The van der Waals surface area contributed by atoms with Gasteiger partial charge in [0.2, 0.25) is 0 Å². The summed E-state index contributed by atoms with van der Waals surface area (Å²) >= 11 is 2.07. The van der Waals surface area contributed by atoms with Crippen molar-refractivity contribution in [3.8, 4) is 0 Å². The highest BCUT2D eigenvalue weighted by Gasteiger charge is 2.28. The molecule has 0 bridgehead atoms. The molecule has 0 spiro atoms. The molecule has 2 rings (SSSR count). The lowest BCUT2D eigenvalue weighted by atomic mass is 9.99. The summed E-state index contributed by atoms with van der Waals surface area (Å²) in [5.74, 6) is 2.49. The smallest absolute Gasteiger partial charge is 0.0486 e. The van der Waals surface area contributed by atoms with Gasteiger partial charge in [-0.05, 0) is 19.2 Å². The van der Waals surface area contributed by atoms with Crippen molar-refractivity contribution in [3.63, 3.8) is 0 Å². The van der Waals surface area contributed by atoms with Crippen molar-refractivity contribution in [1.82, 2.24) is 10.2 Å². The maximum Gasteiger partial charge on any atom is 0.0486 e. The Morgan fingerprint density at radius 3 is 2.82 bits per heavy atom. The van der Waals surface area contributed by atoms with E-state index in [2.05, 4.69) is 66.3 Å². The van der Waals surface area contributed by atoms with Crippen LogP contribution in [0.2, 0.25) is 0 Å². The predicted octanol–water partition coefficient (Wildman–Crippen LogP) is 2.38. The Hall–Kier alpha value is -0.510. The van der Waals surface area contributed by atoms with Crippen LogP contribution in [0.4, 0.5) is 0 Å². The minimum absolute atomic E-state index is 0.457. The SMILES string of the molecule is CCNC(c1ccccc1)C1CSCCN1C. The zero-order valence-electron chi connectivity index (χ0n) is 10.7. The summed E-state index contributed by atoms with van der Waals surface area (Å²) in [4.78, 5) is 2.50. The van der Waals surface area contributed by atoms with Crippen LogP contribution in [0.3, 0.4) is 0 Å². The minimum Gasteiger partial charge on any atom is -0.309 e. The molecule has 1 aromatic rings. The fourth-order valence-electron chi connectivity index (χ4n) is 2.41. The lowest BCUT2D eigenvalue weighted by Crippen LogP contribution is -2.47. The molecule has 1 aliphatic rings. The molecule has 0 saturated carbocycles. The Bertz CT molecular complexity index is 328. The number of nitrogens with zero attached hydrogens (tertiary/aromatic N) is 1. The summed E-state index contributed by atoms with van der Waals surface area (Å²) in [7, 11) is 2.25. The fourth-order valence-corrected chi connectivity index (χ4v) is 3.68. The molecule has 1 aliphatic heterocycles. The summed E-state index contributed by atoms with van der Waals surface area (Å²) in [5, 5.41) is 3.64. The van der Waals surface area contributed by atoms with E-state index < -0.39 is 0 Å². The number of benzene rings is 1. The van der Waals surface area contributed by atoms with Gasteiger partial charge in [0, 0.05) is 30.1 Å². The van der Waals surface area contributed by atoms with E-state index in [9.17, 15) is 0 Å². The molecule has 2 atom stereocenters. The van der Waals surface area contributed by atoms with Crippen molar-refractivity contribution in [2.45, 2.75) is 19.0 Å². The summed E-state index contributed by atoms with van der Waals surface area (Å²) in [5.41, 5.74) is 1.41. The molecular formula is C14H22N2S. The van der Waals surface area contributed by atoms with E-state index in [1.165, 1.54) is 23.6 Å². The molecule has 1 saturated heterocycles. The molecule has 2 nitrogen and oxygen atoms in total. The molecule has 1 aromatic carbocycles. The highest BCUT2D eigenvalue weighted by atomic mass is 32.2. The zero-order valence-corrected chi connectivity index (χ0v) is 11.5. The van der Waals surface area contributed by atoms with Crippen molar-refractivity contribution in [3.05, 3.63) is 35.9 Å². The molecule has 2 unspecified atom stereocenters. The van der Waals surface area contributed by atoms with Gasteiger partial charge in [-0.15, -0.1) is 0 Å². The van der Waals surface area contributed by atoms with Crippen LogP contribution in [0.15, 0.2) is 30.3 Å². The van der Waals surface area contributed by atoms with Crippen molar-refractivity contribution < 1.29 is 0 Å². The second kappa shape index (κ2) is 6.43. The maximum absolute atomic E-state index is 3.64. The van der Waals surface area contributed by atoms with Gasteiger partial charge in [-0.25, -0.2) is 0 Å². The van der Waals surface area contributed by atoms with Gasteiger partial charge in [-0.1, -0.05) is 37.3 Å². The topological polar surface area (TPSA) is 15.3 Å². The summed E-state index contributed by atoms with van der Waals surface area (Å²) in [6.45, 7) is 4.41.